The molecule has 25 heavy (non-hydrogen) atoms. The molecule has 1 heterocycles. The smallest absolute Gasteiger partial charge is 0.308 e. The molecule has 2 fully saturated rings. The molecule has 0 bridgehead atoms. The molecule has 2 atom stereocenters. The number of esters is 1. The lowest BCUT2D eigenvalue weighted by Crippen LogP contribution is -2.47. The minimum absolute atomic E-state index is 0.0368. The maximum Gasteiger partial charge on any atom is 0.308 e. The largest absolute Gasteiger partial charge is 0.469 e. The van der Waals surface area contributed by atoms with Gasteiger partial charge in [-0.05, 0) is 31.4 Å². The minimum Gasteiger partial charge on any atom is -0.469 e. The fourth-order valence-corrected chi connectivity index (χ4v) is 3.80. The first-order chi connectivity index (χ1) is 12.0. The lowest BCUT2D eigenvalue weighted by molar-refractivity contribution is -0.146. The SMILES string of the molecule is CN=C(NC1CC1c1c(F)cccc1Cl)N1CCC(C(=O)OC)CC1. The van der Waals surface area contributed by atoms with Gasteiger partial charge in [-0.15, -0.1) is 0 Å². The molecule has 1 aliphatic heterocycles. The van der Waals surface area contributed by atoms with Crippen LogP contribution in [0.5, 0.6) is 0 Å². The van der Waals surface area contributed by atoms with Gasteiger partial charge >= 0.3 is 5.97 Å². The molecule has 2 unspecified atom stereocenters. The number of methoxy groups -OCH3 is 1. The van der Waals surface area contributed by atoms with Crippen LogP contribution in [0.1, 0.15) is 30.7 Å². The number of piperidine rings is 1. The Morgan fingerprint density at radius 1 is 1.40 bits per heavy atom. The van der Waals surface area contributed by atoms with Crippen molar-refractivity contribution in [1.29, 1.82) is 0 Å². The lowest BCUT2D eigenvalue weighted by Gasteiger charge is -2.33. The molecule has 1 aromatic carbocycles. The zero-order chi connectivity index (χ0) is 18.0. The van der Waals surface area contributed by atoms with E-state index >= 15 is 0 Å². The minimum atomic E-state index is -0.254. The van der Waals surface area contributed by atoms with Crippen molar-refractivity contribution in [3.05, 3.63) is 34.6 Å². The zero-order valence-electron chi connectivity index (χ0n) is 14.5. The van der Waals surface area contributed by atoms with E-state index in [9.17, 15) is 9.18 Å². The number of aliphatic imine (C=N–C) groups is 1. The van der Waals surface area contributed by atoms with Gasteiger partial charge in [-0.2, -0.15) is 0 Å². The molecular weight excluding hydrogens is 345 g/mol. The molecule has 7 heteroatoms. The highest BCUT2D eigenvalue weighted by molar-refractivity contribution is 6.31. The normalized spacial score (nSPS) is 24.2. The monoisotopic (exact) mass is 367 g/mol. The predicted molar refractivity (Wildman–Crippen MR) is 95.4 cm³/mol. The molecule has 3 rings (SSSR count). The third-order valence-corrected chi connectivity index (χ3v) is 5.35. The topological polar surface area (TPSA) is 53.9 Å². The molecule has 1 saturated carbocycles. The summed E-state index contributed by atoms with van der Waals surface area (Å²) in [6.07, 6.45) is 2.33. The second-order valence-corrected chi connectivity index (χ2v) is 6.97. The number of hydrogen-bond acceptors (Lipinski definition) is 3. The number of guanidine groups is 1. The van der Waals surface area contributed by atoms with Crippen LogP contribution in [0.25, 0.3) is 0 Å². The highest BCUT2D eigenvalue weighted by atomic mass is 35.5. The van der Waals surface area contributed by atoms with Crippen molar-refractivity contribution < 1.29 is 13.9 Å². The number of halogens is 2. The van der Waals surface area contributed by atoms with E-state index in [1.165, 1.54) is 13.2 Å². The van der Waals surface area contributed by atoms with Gasteiger partial charge in [-0.1, -0.05) is 17.7 Å². The standard InChI is InChI=1S/C18H23ClFN3O2/c1-21-18(23-8-6-11(7-9-23)17(24)25-2)22-15-10-12(15)16-13(19)4-3-5-14(16)20/h3-5,11-12,15H,6-10H2,1-2H3,(H,21,22). The van der Waals surface area contributed by atoms with E-state index in [2.05, 4.69) is 15.2 Å². The summed E-state index contributed by atoms with van der Waals surface area (Å²) in [5, 5.41) is 3.88. The Kier molecular flexibility index (Phi) is 5.47. The Labute approximate surface area is 152 Å². The van der Waals surface area contributed by atoms with Crippen LogP contribution in [0.3, 0.4) is 0 Å². The third kappa shape index (κ3) is 3.89. The van der Waals surface area contributed by atoms with Crippen molar-refractivity contribution in [1.82, 2.24) is 10.2 Å². The highest BCUT2D eigenvalue weighted by Gasteiger charge is 2.42. The Morgan fingerprint density at radius 2 is 2.12 bits per heavy atom. The van der Waals surface area contributed by atoms with Crippen molar-refractivity contribution in [3.8, 4) is 0 Å². The summed E-state index contributed by atoms with van der Waals surface area (Å²) in [6, 6.07) is 4.92. The molecule has 0 amide bonds. The summed E-state index contributed by atoms with van der Waals surface area (Å²) >= 11 is 6.16. The van der Waals surface area contributed by atoms with Crippen LogP contribution in [0.4, 0.5) is 4.39 Å². The van der Waals surface area contributed by atoms with Crippen LogP contribution in [-0.2, 0) is 9.53 Å². The molecule has 5 nitrogen and oxygen atoms in total. The van der Waals surface area contributed by atoms with Crippen molar-refractivity contribution in [3.63, 3.8) is 0 Å². The molecule has 1 aromatic rings. The van der Waals surface area contributed by atoms with Crippen LogP contribution in [0.2, 0.25) is 5.02 Å². The van der Waals surface area contributed by atoms with Gasteiger partial charge in [-0.25, -0.2) is 4.39 Å². The first-order valence-corrected chi connectivity index (χ1v) is 8.93. The first kappa shape index (κ1) is 18.0. The second kappa shape index (κ2) is 7.60. The van der Waals surface area contributed by atoms with E-state index in [-0.39, 0.29) is 29.7 Å². The fourth-order valence-electron chi connectivity index (χ4n) is 3.50. The van der Waals surface area contributed by atoms with Crippen molar-refractivity contribution >= 4 is 23.5 Å². The lowest BCUT2D eigenvalue weighted by atomic mass is 9.97. The molecule has 2 aliphatic rings. The summed E-state index contributed by atoms with van der Waals surface area (Å²) in [6.45, 7) is 1.49. The number of carbonyl (C=O) groups is 1. The van der Waals surface area contributed by atoms with Crippen LogP contribution >= 0.6 is 11.6 Å². The summed E-state index contributed by atoms with van der Waals surface area (Å²) in [4.78, 5) is 18.1. The predicted octanol–water partition coefficient (Wildman–Crippen LogP) is 2.80. The summed E-state index contributed by atoms with van der Waals surface area (Å²) in [7, 11) is 3.17. The Hall–Kier alpha value is -1.82. The molecule has 0 aromatic heterocycles. The van der Waals surface area contributed by atoms with Gasteiger partial charge < -0.3 is 15.0 Å². The van der Waals surface area contributed by atoms with Gasteiger partial charge in [0.15, 0.2) is 5.96 Å². The van der Waals surface area contributed by atoms with Gasteiger partial charge in [0.25, 0.3) is 0 Å². The molecular formula is C18H23ClFN3O2. The number of benzene rings is 1. The van der Waals surface area contributed by atoms with Gasteiger partial charge in [0.05, 0.1) is 13.0 Å². The van der Waals surface area contributed by atoms with Gasteiger partial charge in [-0.3, -0.25) is 9.79 Å². The Bertz CT molecular complexity index is 654. The van der Waals surface area contributed by atoms with E-state index in [1.54, 1.807) is 19.2 Å². The maximum atomic E-state index is 14.0. The van der Waals surface area contributed by atoms with Crippen LogP contribution in [0, 0.1) is 11.7 Å². The molecule has 0 radical (unpaired) electrons. The number of nitrogens with zero attached hydrogens (tertiary/aromatic N) is 2. The number of ether oxygens (including phenoxy) is 1. The van der Waals surface area contributed by atoms with E-state index in [4.69, 9.17) is 16.3 Å². The molecule has 1 aliphatic carbocycles. The quantitative estimate of drug-likeness (QED) is 0.507. The van der Waals surface area contributed by atoms with Crippen LogP contribution in [0.15, 0.2) is 23.2 Å². The molecule has 1 saturated heterocycles. The van der Waals surface area contributed by atoms with Gasteiger partial charge in [0.2, 0.25) is 0 Å². The van der Waals surface area contributed by atoms with Crippen molar-refractivity contribution in [2.75, 3.05) is 27.2 Å². The van der Waals surface area contributed by atoms with Crippen LogP contribution < -0.4 is 5.32 Å². The van der Waals surface area contributed by atoms with E-state index in [0.29, 0.717) is 10.6 Å². The third-order valence-electron chi connectivity index (χ3n) is 5.02. The second-order valence-electron chi connectivity index (χ2n) is 6.56. The number of rotatable bonds is 3. The van der Waals surface area contributed by atoms with Crippen molar-refractivity contribution in [2.45, 2.75) is 31.2 Å². The number of carbonyl (C=O) groups excluding carboxylic acids is 1. The number of likely N-dealkylation sites (tertiary alicyclic amines) is 1. The molecule has 136 valence electrons. The van der Waals surface area contributed by atoms with E-state index in [0.717, 1.165) is 38.3 Å². The molecule has 1 N–H and O–H groups in total. The summed E-state index contributed by atoms with van der Waals surface area (Å²) in [5.74, 6) is 0.432. The first-order valence-electron chi connectivity index (χ1n) is 8.55. The zero-order valence-corrected chi connectivity index (χ0v) is 15.2. The number of hydrogen-bond donors (Lipinski definition) is 1. The maximum absolute atomic E-state index is 14.0. The number of nitrogens with one attached hydrogen (secondary N) is 1. The van der Waals surface area contributed by atoms with Gasteiger partial charge in [0, 0.05) is 42.7 Å². The average Bonchev–Trinajstić information content (AvgIpc) is 3.38. The van der Waals surface area contributed by atoms with E-state index < -0.39 is 0 Å². The fraction of sp³-hybridized carbons (Fsp3) is 0.556. The van der Waals surface area contributed by atoms with E-state index in [1.807, 2.05) is 0 Å². The summed E-state index contributed by atoms with van der Waals surface area (Å²) in [5.41, 5.74) is 0.585. The van der Waals surface area contributed by atoms with Crippen molar-refractivity contribution in [2.24, 2.45) is 10.9 Å². The van der Waals surface area contributed by atoms with Crippen LogP contribution in [-0.4, -0.2) is 50.1 Å². The average molecular weight is 368 g/mol. The van der Waals surface area contributed by atoms with Gasteiger partial charge in [0.1, 0.15) is 5.82 Å². The Balaban J connectivity index is 1.57. The summed E-state index contributed by atoms with van der Waals surface area (Å²) < 4.78 is 18.9. The Morgan fingerprint density at radius 3 is 2.72 bits per heavy atom. The highest BCUT2D eigenvalue weighted by Crippen LogP contribution is 2.45. The molecule has 0 spiro atoms.